The zero-order valence-corrected chi connectivity index (χ0v) is 19.0. The molecule has 4 rings (SSSR count). The minimum atomic E-state index is -0.950. The molecule has 1 aliphatic heterocycles. The molecule has 0 spiro atoms. The van der Waals surface area contributed by atoms with Crippen LogP contribution >= 0.6 is 11.6 Å². The Balaban J connectivity index is 1.94. The Labute approximate surface area is 195 Å². The highest BCUT2D eigenvalue weighted by atomic mass is 35.5. The van der Waals surface area contributed by atoms with Crippen molar-refractivity contribution in [2.24, 2.45) is 0 Å². The predicted octanol–water partition coefficient (Wildman–Crippen LogP) is 5.73. The first-order chi connectivity index (χ1) is 15.7. The van der Waals surface area contributed by atoms with E-state index in [4.69, 9.17) is 16.3 Å². The summed E-state index contributed by atoms with van der Waals surface area (Å²) in [6.45, 7) is 3.85. The smallest absolute Gasteiger partial charge is 0.300 e. The second-order valence-corrected chi connectivity index (χ2v) is 8.25. The van der Waals surface area contributed by atoms with Crippen LogP contribution in [0.4, 0.5) is 10.1 Å². The van der Waals surface area contributed by atoms with Crippen molar-refractivity contribution in [2.45, 2.75) is 19.9 Å². The number of hydrogen-bond acceptors (Lipinski definition) is 4. The Bertz CT molecular complexity index is 1300. The number of ether oxygens (including phenoxy) is 1. The number of carbonyl (C=O) groups is 2. The lowest BCUT2D eigenvalue weighted by Crippen LogP contribution is -2.29. The van der Waals surface area contributed by atoms with Gasteiger partial charge in [0.1, 0.15) is 17.3 Å². The van der Waals surface area contributed by atoms with E-state index < -0.39 is 23.5 Å². The molecule has 1 saturated heterocycles. The van der Waals surface area contributed by atoms with Gasteiger partial charge in [-0.05, 0) is 73.0 Å². The van der Waals surface area contributed by atoms with E-state index in [0.29, 0.717) is 17.0 Å². The number of amides is 1. The number of aliphatic hydroxyl groups is 1. The largest absolute Gasteiger partial charge is 0.507 e. The van der Waals surface area contributed by atoms with E-state index in [1.807, 2.05) is 19.9 Å². The number of benzene rings is 3. The number of rotatable bonds is 4. The minimum Gasteiger partial charge on any atom is -0.507 e. The number of aliphatic hydroxyl groups excluding tert-OH is 1. The Morgan fingerprint density at radius 1 is 1.00 bits per heavy atom. The lowest BCUT2D eigenvalue weighted by Gasteiger charge is -2.26. The van der Waals surface area contributed by atoms with Crippen LogP contribution in [0.2, 0.25) is 5.02 Å². The second kappa shape index (κ2) is 8.71. The maximum absolute atomic E-state index is 13.6. The van der Waals surface area contributed by atoms with Gasteiger partial charge in [0.25, 0.3) is 11.7 Å². The highest BCUT2D eigenvalue weighted by Crippen LogP contribution is 2.43. The number of Topliss-reactive ketones (excluding diaryl/α,β-unsaturated/α-hetero) is 1. The van der Waals surface area contributed by atoms with Crippen LogP contribution in [0.15, 0.2) is 66.2 Å². The van der Waals surface area contributed by atoms with E-state index in [1.54, 1.807) is 24.3 Å². The van der Waals surface area contributed by atoms with E-state index in [0.717, 1.165) is 11.1 Å². The van der Waals surface area contributed by atoms with Crippen molar-refractivity contribution in [3.63, 3.8) is 0 Å². The molecule has 1 amide bonds. The Morgan fingerprint density at radius 2 is 1.70 bits per heavy atom. The summed E-state index contributed by atoms with van der Waals surface area (Å²) >= 11 is 6.21. The number of nitrogens with zero attached hydrogens (tertiary/aromatic N) is 1. The molecule has 1 fully saturated rings. The summed E-state index contributed by atoms with van der Waals surface area (Å²) in [5, 5.41) is 11.4. The van der Waals surface area contributed by atoms with Crippen molar-refractivity contribution in [3.05, 3.63) is 99.3 Å². The zero-order chi connectivity index (χ0) is 23.9. The van der Waals surface area contributed by atoms with E-state index in [1.165, 1.54) is 42.3 Å². The molecule has 0 bridgehead atoms. The molecular weight excluding hydrogens is 445 g/mol. The Kier molecular flexibility index (Phi) is 5.95. The molecule has 5 nitrogen and oxygen atoms in total. The molecule has 1 atom stereocenters. The quantitative estimate of drug-likeness (QED) is 0.303. The Hall–Kier alpha value is -3.64. The van der Waals surface area contributed by atoms with E-state index in [9.17, 15) is 19.1 Å². The number of ketones is 1. The molecule has 3 aromatic carbocycles. The van der Waals surface area contributed by atoms with E-state index >= 15 is 0 Å². The van der Waals surface area contributed by atoms with Gasteiger partial charge in [0.15, 0.2) is 0 Å². The predicted molar refractivity (Wildman–Crippen MR) is 125 cm³/mol. The fourth-order valence-electron chi connectivity index (χ4n) is 3.90. The maximum Gasteiger partial charge on any atom is 0.300 e. The van der Waals surface area contributed by atoms with Gasteiger partial charge in [-0.3, -0.25) is 14.5 Å². The highest BCUT2D eigenvalue weighted by Gasteiger charge is 2.47. The Morgan fingerprint density at radius 3 is 2.30 bits per heavy atom. The third-order valence-corrected chi connectivity index (χ3v) is 6.12. The fraction of sp³-hybridized carbons (Fsp3) is 0.154. The van der Waals surface area contributed by atoms with Crippen LogP contribution in [-0.2, 0) is 9.59 Å². The van der Waals surface area contributed by atoms with Gasteiger partial charge in [0, 0.05) is 11.3 Å². The lowest BCUT2D eigenvalue weighted by molar-refractivity contribution is -0.132. The lowest BCUT2D eigenvalue weighted by atomic mass is 9.95. The summed E-state index contributed by atoms with van der Waals surface area (Å²) in [6, 6.07) is 14.5. The topological polar surface area (TPSA) is 66.8 Å². The first-order valence-electron chi connectivity index (χ1n) is 10.2. The molecule has 0 aromatic heterocycles. The summed E-state index contributed by atoms with van der Waals surface area (Å²) < 4.78 is 18.8. The molecular formula is C26H21ClFNO4. The SMILES string of the molecule is COc1ccc(/C(O)=C2\C(=O)C(=O)N(c3ccc(C)c(C)c3)C2c2ccc(F)cc2)cc1Cl. The number of anilines is 1. The molecule has 1 N–H and O–H groups in total. The molecule has 168 valence electrons. The number of methoxy groups -OCH3 is 1. The van der Waals surface area contributed by atoms with Crippen LogP contribution < -0.4 is 9.64 Å². The van der Waals surface area contributed by atoms with Gasteiger partial charge in [0.05, 0.1) is 23.7 Å². The summed E-state index contributed by atoms with van der Waals surface area (Å²) in [5.41, 5.74) is 3.10. The summed E-state index contributed by atoms with van der Waals surface area (Å²) in [7, 11) is 1.46. The number of halogens is 2. The van der Waals surface area contributed by atoms with Gasteiger partial charge in [-0.15, -0.1) is 0 Å². The van der Waals surface area contributed by atoms with Crippen LogP contribution in [0.3, 0.4) is 0 Å². The van der Waals surface area contributed by atoms with Crippen molar-refractivity contribution < 1.29 is 23.8 Å². The number of aryl methyl sites for hydroxylation is 2. The van der Waals surface area contributed by atoms with Gasteiger partial charge in [0.2, 0.25) is 0 Å². The van der Waals surface area contributed by atoms with Crippen LogP contribution in [0.25, 0.3) is 5.76 Å². The normalized spacial score (nSPS) is 17.5. The van der Waals surface area contributed by atoms with Crippen molar-refractivity contribution in [2.75, 3.05) is 12.0 Å². The standard InChI is InChI=1S/C26H21ClFNO4/c1-14-4-10-19(12-15(14)2)29-23(16-5-8-18(28)9-6-16)22(25(31)26(29)32)24(30)17-7-11-21(33-3)20(27)13-17/h4-13,23,30H,1-3H3/b24-22+. The fourth-order valence-corrected chi connectivity index (χ4v) is 4.16. The van der Waals surface area contributed by atoms with Gasteiger partial charge in [-0.1, -0.05) is 29.8 Å². The molecule has 3 aromatic rings. The van der Waals surface area contributed by atoms with Crippen LogP contribution in [0, 0.1) is 19.7 Å². The van der Waals surface area contributed by atoms with Crippen LogP contribution in [0.5, 0.6) is 5.75 Å². The number of carbonyl (C=O) groups excluding carboxylic acids is 2. The third kappa shape index (κ3) is 3.98. The van der Waals surface area contributed by atoms with Crippen molar-refractivity contribution >= 4 is 34.7 Å². The van der Waals surface area contributed by atoms with Crippen LogP contribution in [0.1, 0.15) is 28.3 Å². The van der Waals surface area contributed by atoms with Gasteiger partial charge in [-0.25, -0.2) is 4.39 Å². The molecule has 33 heavy (non-hydrogen) atoms. The maximum atomic E-state index is 13.6. The van der Waals surface area contributed by atoms with Gasteiger partial charge < -0.3 is 9.84 Å². The molecule has 0 aliphatic carbocycles. The van der Waals surface area contributed by atoms with Crippen molar-refractivity contribution in [1.29, 1.82) is 0 Å². The van der Waals surface area contributed by atoms with Crippen molar-refractivity contribution in [1.82, 2.24) is 0 Å². The second-order valence-electron chi connectivity index (χ2n) is 7.84. The first kappa shape index (κ1) is 22.6. The highest BCUT2D eigenvalue weighted by molar-refractivity contribution is 6.51. The van der Waals surface area contributed by atoms with Crippen LogP contribution in [-0.4, -0.2) is 23.9 Å². The van der Waals surface area contributed by atoms with E-state index in [-0.39, 0.29) is 21.9 Å². The van der Waals surface area contributed by atoms with Gasteiger partial charge in [-0.2, -0.15) is 0 Å². The molecule has 0 radical (unpaired) electrons. The zero-order valence-electron chi connectivity index (χ0n) is 18.2. The average molecular weight is 466 g/mol. The summed E-state index contributed by atoms with van der Waals surface area (Å²) in [6.07, 6.45) is 0. The third-order valence-electron chi connectivity index (χ3n) is 5.82. The first-order valence-corrected chi connectivity index (χ1v) is 10.6. The average Bonchev–Trinajstić information content (AvgIpc) is 3.06. The molecule has 1 unspecified atom stereocenters. The summed E-state index contributed by atoms with van der Waals surface area (Å²) in [4.78, 5) is 27.7. The number of hydrogen-bond donors (Lipinski definition) is 1. The summed E-state index contributed by atoms with van der Waals surface area (Å²) in [5.74, 6) is -2.05. The monoisotopic (exact) mass is 465 g/mol. The minimum absolute atomic E-state index is 0.105. The van der Waals surface area contributed by atoms with Gasteiger partial charge >= 0.3 is 0 Å². The molecule has 1 aliphatic rings. The van der Waals surface area contributed by atoms with E-state index in [2.05, 4.69) is 0 Å². The van der Waals surface area contributed by atoms with Crippen molar-refractivity contribution in [3.8, 4) is 5.75 Å². The molecule has 0 saturated carbocycles. The molecule has 7 heteroatoms. The molecule has 1 heterocycles.